The van der Waals surface area contributed by atoms with Crippen LogP contribution in [0.25, 0.3) is 11.3 Å². The zero-order valence-corrected chi connectivity index (χ0v) is 14.1. The number of hydrogen-bond donors (Lipinski definition) is 1. The summed E-state index contributed by atoms with van der Waals surface area (Å²) < 4.78 is 10.3. The number of hydrogen-bond acceptors (Lipinski definition) is 4. The molecule has 1 heterocycles. The van der Waals surface area contributed by atoms with E-state index >= 15 is 0 Å². The number of ether oxygens (including phenoxy) is 1. The third kappa shape index (κ3) is 3.53. The highest BCUT2D eigenvalue weighted by atomic mass is 35.5. The fourth-order valence-electron chi connectivity index (χ4n) is 2.05. The molecule has 5 nitrogen and oxygen atoms in total. The van der Waals surface area contributed by atoms with Crippen LogP contribution in [-0.2, 0) is 0 Å². The normalized spacial score (nSPS) is 10.5. The van der Waals surface area contributed by atoms with Crippen LogP contribution in [0.15, 0.2) is 53.1 Å². The molecule has 0 unspecified atom stereocenters. The zero-order valence-electron chi connectivity index (χ0n) is 12.5. The van der Waals surface area contributed by atoms with Crippen molar-refractivity contribution in [3.8, 4) is 17.1 Å². The molecular weight excluding hydrogens is 351 g/mol. The third-order valence-electron chi connectivity index (χ3n) is 3.29. The molecular formula is C17H12Cl2N2O3. The van der Waals surface area contributed by atoms with Crippen LogP contribution in [-0.4, -0.2) is 18.2 Å². The van der Waals surface area contributed by atoms with Gasteiger partial charge in [-0.3, -0.25) is 4.79 Å². The van der Waals surface area contributed by atoms with E-state index in [1.807, 2.05) is 12.1 Å². The van der Waals surface area contributed by atoms with E-state index < -0.39 is 5.91 Å². The van der Waals surface area contributed by atoms with Crippen molar-refractivity contribution in [2.45, 2.75) is 0 Å². The topological polar surface area (TPSA) is 64.4 Å². The second-order valence-electron chi connectivity index (χ2n) is 4.88. The van der Waals surface area contributed by atoms with Crippen molar-refractivity contribution in [3.63, 3.8) is 0 Å². The highest BCUT2D eigenvalue weighted by Crippen LogP contribution is 2.27. The molecule has 122 valence electrons. The van der Waals surface area contributed by atoms with Crippen LogP contribution in [0.2, 0.25) is 10.0 Å². The number of rotatable bonds is 4. The van der Waals surface area contributed by atoms with Crippen molar-refractivity contribution in [2.75, 3.05) is 12.4 Å². The minimum absolute atomic E-state index is 0.136. The molecule has 0 aliphatic heterocycles. The van der Waals surface area contributed by atoms with E-state index in [1.165, 1.54) is 0 Å². The molecule has 0 aliphatic rings. The SMILES string of the molecule is COc1ccc(-c2cc(C(=O)Nc3cc(Cl)ccc3Cl)no2)cc1. The second kappa shape index (κ2) is 6.95. The highest BCUT2D eigenvalue weighted by Gasteiger charge is 2.15. The van der Waals surface area contributed by atoms with Crippen molar-refractivity contribution in [2.24, 2.45) is 0 Å². The average molecular weight is 363 g/mol. The average Bonchev–Trinajstić information content (AvgIpc) is 3.08. The summed E-state index contributed by atoms with van der Waals surface area (Å²) in [6, 6.07) is 13.6. The number of methoxy groups -OCH3 is 1. The Morgan fingerprint density at radius 3 is 2.58 bits per heavy atom. The van der Waals surface area contributed by atoms with Crippen LogP contribution in [0.1, 0.15) is 10.5 Å². The lowest BCUT2D eigenvalue weighted by Gasteiger charge is -2.05. The van der Waals surface area contributed by atoms with Crippen molar-refractivity contribution in [1.82, 2.24) is 5.16 Å². The molecule has 0 spiro atoms. The lowest BCUT2D eigenvalue weighted by Crippen LogP contribution is -2.12. The Morgan fingerprint density at radius 2 is 1.88 bits per heavy atom. The van der Waals surface area contributed by atoms with Gasteiger partial charge >= 0.3 is 0 Å². The molecule has 0 radical (unpaired) electrons. The maximum absolute atomic E-state index is 12.3. The fraction of sp³-hybridized carbons (Fsp3) is 0.0588. The minimum atomic E-state index is -0.442. The van der Waals surface area contributed by atoms with Crippen molar-refractivity contribution in [1.29, 1.82) is 0 Å². The number of aromatic nitrogens is 1. The Labute approximate surface area is 148 Å². The van der Waals surface area contributed by atoms with Gasteiger partial charge in [0.05, 0.1) is 17.8 Å². The van der Waals surface area contributed by atoms with Crippen molar-refractivity contribution < 1.29 is 14.1 Å². The largest absolute Gasteiger partial charge is 0.497 e. The maximum atomic E-state index is 12.3. The molecule has 1 aromatic heterocycles. The first-order valence-electron chi connectivity index (χ1n) is 6.94. The second-order valence-corrected chi connectivity index (χ2v) is 5.73. The Kier molecular flexibility index (Phi) is 4.74. The third-order valence-corrected chi connectivity index (χ3v) is 3.86. The Morgan fingerprint density at radius 1 is 1.12 bits per heavy atom. The van der Waals surface area contributed by atoms with Gasteiger partial charge < -0.3 is 14.6 Å². The molecule has 1 amide bonds. The molecule has 0 bridgehead atoms. The van der Waals surface area contributed by atoms with E-state index in [0.717, 1.165) is 11.3 Å². The Bertz CT molecular complexity index is 876. The molecule has 7 heteroatoms. The van der Waals surface area contributed by atoms with Gasteiger partial charge in [-0.1, -0.05) is 28.4 Å². The molecule has 0 saturated carbocycles. The van der Waals surface area contributed by atoms with Gasteiger partial charge in [-0.25, -0.2) is 0 Å². The summed E-state index contributed by atoms with van der Waals surface area (Å²) in [4.78, 5) is 12.3. The molecule has 2 aromatic carbocycles. The number of halogens is 2. The van der Waals surface area contributed by atoms with Gasteiger partial charge in [-0.2, -0.15) is 0 Å². The summed E-state index contributed by atoms with van der Waals surface area (Å²) in [5.74, 6) is 0.759. The monoisotopic (exact) mass is 362 g/mol. The van der Waals surface area contributed by atoms with Gasteiger partial charge in [0.1, 0.15) is 5.75 Å². The van der Waals surface area contributed by atoms with Gasteiger partial charge in [0, 0.05) is 16.7 Å². The van der Waals surface area contributed by atoms with Gasteiger partial charge in [0.2, 0.25) is 0 Å². The number of carbonyl (C=O) groups excluding carboxylic acids is 1. The summed E-state index contributed by atoms with van der Waals surface area (Å²) >= 11 is 11.9. The standard InChI is InChI=1S/C17H12Cl2N2O3/c1-23-12-5-2-10(3-6-12)16-9-15(21-24-16)17(22)20-14-8-11(18)4-7-13(14)19/h2-9H,1H3,(H,20,22). The predicted molar refractivity (Wildman–Crippen MR) is 92.9 cm³/mol. The smallest absolute Gasteiger partial charge is 0.277 e. The van der Waals surface area contributed by atoms with E-state index in [4.69, 9.17) is 32.5 Å². The van der Waals surface area contributed by atoms with Gasteiger partial charge in [0.25, 0.3) is 5.91 Å². The van der Waals surface area contributed by atoms with Crippen molar-refractivity contribution >= 4 is 34.8 Å². The number of amides is 1. The van der Waals surface area contributed by atoms with Crippen LogP contribution >= 0.6 is 23.2 Å². The Balaban J connectivity index is 1.79. The van der Waals surface area contributed by atoms with Crippen LogP contribution in [0, 0.1) is 0 Å². The first-order chi connectivity index (χ1) is 11.6. The zero-order chi connectivity index (χ0) is 17.1. The van der Waals surface area contributed by atoms with E-state index in [2.05, 4.69) is 10.5 Å². The maximum Gasteiger partial charge on any atom is 0.277 e. The summed E-state index contributed by atoms with van der Waals surface area (Å²) in [6.07, 6.45) is 0. The molecule has 0 saturated heterocycles. The summed E-state index contributed by atoms with van der Waals surface area (Å²) in [7, 11) is 1.59. The van der Waals surface area contributed by atoms with E-state index in [-0.39, 0.29) is 5.69 Å². The highest BCUT2D eigenvalue weighted by molar-refractivity contribution is 6.35. The van der Waals surface area contributed by atoms with Crippen molar-refractivity contribution in [3.05, 3.63) is 64.3 Å². The van der Waals surface area contributed by atoms with Crippen LogP contribution in [0.4, 0.5) is 5.69 Å². The molecule has 0 atom stereocenters. The minimum Gasteiger partial charge on any atom is -0.497 e. The molecule has 3 rings (SSSR count). The van der Waals surface area contributed by atoms with Crippen LogP contribution < -0.4 is 10.1 Å². The van der Waals surface area contributed by atoms with E-state index in [1.54, 1.807) is 43.5 Å². The molecule has 0 aliphatic carbocycles. The number of nitrogens with one attached hydrogen (secondary N) is 1. The predicted octanol–water partition coefficient (Wildman–Crippen LogP) is 4.91. The fourth-order valence-corrected chi connectivity index (χ4v) is 2.39. The lowest BCUT2D eigenvalue weighted by molar-refractivity contribution is 0.101. The number of anilines is 1. The van der Waals surface area contributed by atoms with Gasteiger partial charge in [-0.05, 0) is 42.5 Å². The summed E-state index contributed by atoms with van der Waals surface area (Å²) in [5.41, 5.74) is 1.32. The first-order valence-corrected chi connectivity index (χ1v) is 7.70. The van der Waals surface area contributed by atoms with Crippen LogP contribution in [0.5, 0.6) is 5.75 Å². The first kappa shape index (κ1) is 16.4. The van der Waals surface area contributed by atoms with E-state index in [0.29, 0.717) is 21.5 Å². The molecule has 1 N–H and O–H groups in total. The van der Waals surface area contributed by atoms with Gasteiger partial charge in [-0.15, -0.1) is 0 Å². The molecule has 3 aromatic rings. The van der Waals surface area contributed by atoms with Crippen LogP contribution in [0.3, 0.4) is 0 Å². The lowest BCUT2D eigenvalue weighted by atomic mass is 10.1. The summed E-state index contributed by atoms with van der Waals surface area (Å²) in [5, 5.41) is 7.29. The summed E-state index contributed by atoms with van der Waals surface area (Å²) in [6.45, 7) is 0. The number of benzene rings is 2. The Hall–Kier alpha value is -2.50. The quantitative estimate of drug-likeness (QED) is 0.715. The number of nitrogens with zero attached hydrogens (tertiary/aromatic N) is 1. The van der Waals surface area contributed by atoms with E-state index in [9.17, 15) is 4.79 Å². The number of carbonyl (C=O) groups is 1. The van der Waals surface area contributed by atoms with Gasteiger partial charge in [0.15, 0.2) is 11.5 Å². The molecule has 24 heavy (non-hydrogen) atoms. The molecule has 0 fully saturated rings.